The maximum atomic E-state index is 11.5. The lowest BCUT2D eigenvalue weighted by Gasteiger charge is -2.29. The number of thiophene rings is 1. The predicted octanol–water partition coefficient (Wildman–Crippen LogP) is 2.82. The zero-order valence-electron chi connectivity index (χ0n) is 9.91. The Hall–Kier alpha value is -1.65. The monoisotopic (exact) mass is 262 g/mol. The van der Waals surface area contributed by atoms with Crippen LogP contribution in [0.15, 0.2) is 47.8 Å². The molecule has 0 spiro atoms. The van der Waals surface area contributed by atoms with Crippen LogP contribution in [-0.4, -0.2) is 16.2 Å². The molecule has 1 aromatic heterocycles. The van der Waals surface area contributed by atoms with Crippen LogP contribution >= 0.6 is 11.3 Å². The smallest absolute Gasteiger partial charge is 0.314 e. The summed E-state index contributed by atoms with van der Waals surface area (Å²) in [5.41, 5.74) is -0.815. The van der Waals surface area contributed by atoms with E-state index in [1.807, 2.05) is 11.4 Å². The van der Waals surface area contributed by atoms with Gasteiger partial charge < -0.3 is 10.2 Å². The van der Waals surface area contributed by atoms with Crippen LogP contribution in [0, 0.1) is 0 Å². The molecular weight excluding hydrogens is 248 g/mol. The van der Waals surface area contributed by atoms with Gasteiger partial charge in [0.15, 0.2) is 0 Å². The number of rotatable bonds is 4. The van der Waals surface area contributed by atoms with E-state index in [2.05, 4.69) is 0 Å². The summed E-state index contributed by atoms with van der Waals surface area (Å²) < 4.78 is 0. The van der Waals surface area contributed by atoms with E-state index in [1.165, 1.54) is 11.3 Å². The fourth-order valence-corrected chi connectivity index (χ4v) is 2.88. The minimum Gasteiger partial charge on any atom is -0.481 e. The van der Waals surface area contributed by atoms with Gasteiger partial charge in [0.1, 0.15) is 11.5 Å². The molecule has 0 bridgehead atoms. The number of aliphatic carboxylic acids is 1. The summed E-state index contributed by atoms with van der Waals surface area (Å²) in [6.07, 6.45) is 0. The van der Waals surface area contributed by atoms with E-state index in [1.54, 1.807) is 43.3 Å². The first-order valence-corrected chi connectivity index (χ1v) is 6.45. The van der Waals surface area contributed by atoms with Crippen molar-refractivity contribution < 1.29 is 15.0 Å². The van der Waals surface area contributed by atoms with Crippen molar-refractivity contribution in [3.05, 3.63) is 58.3 Å². The molecule has 0 radical (unpaired) electrons. The Morgan fingerprint density at radius 2 is 1.89 bits per heavy atom. The minimum absolute atomic E-state index is 0.600. The van der Waals surface area contributed by atoms with Crippen LogP contribution < -0.4 is 0 Å². The molecule has 0 saturated heterocycles. The van der Waals surface area contributed by atoms with Gasteiger partial charge in [0, 0.05) is 4.88 Å². The van der Waals surface area contributed by atoms with Gasteiger partial charge in [0.2, 0.25) is 0 Å². The highest BCUT2D eigenvalue weighted by Gasteiger charge is 2.40. The van der Waals surface area contributed by atoms with E-state index in [0.717, 1.165) is 0 Å². The first-order valence-electron chi connectivity index (χ1n) is 5.57. The predicted molar refractivity (Wildman–Crippen MR) is 70.7 cm³/mol. The normalized spacial score (nSPS) is 15.9. The van der Waals surface area contributed by atoms with Crippen molar-refractivity contribution in [2.24, 2.45) is 0 Å². The quantitative estimate of drug-likeness (QED) is 0.890. The molecule has 0 unspecified atom stereocenters. The molecule has 0 saturated carbocycles. The molecule has 94 valence electrons. The molecule has 0 fully saturated rings. The number of carboxylic acid groups (broad SMARTS) is 1. The second-order valence-corrected chi connectivity index (χ2v) is 5.25. The Morgan fingerprint density at radius 3 is 2.39 bits per heavy atom. The maximum Gasteiger partial charge on any atom is 0.314 e. The molecule has 1 heterocycles. The van der Waals surface area contributed by atoms with E-state index < -0.39 is 17.5 Å². The van der Waals surface area contributed by atoms with Crippen LogP contribution in [-0.2, 0) is 10.4 Å². The van der Waals surface area contributed by atoms with E-state index in [4.69, 9.17) is 0 Å². The minimum atomic E-state index is -1.42. The summed E-state index contributed by atoms with van der Waals surface area (Å²) in [7, 11) is 0. The van der Waals surface area contributed by atoms with Gasteiger partial charge in [0.05, 0.1) is 0 Å². The maximum absolute atomic E-state index is 11.5. The first-order chi connectivity index (χ1) is 8.53. The van der Waals surface area contributed by atoms with Crippen LogP contribution in [0.3, 0.4) is 0 Å². The average Bonchev–Trinajstić information content (AvgIpc) is 2.83. The van der Waals surface area contributed by atoms with Crippen molar-refractivity contribution in [3.63, 3.8) is 0 Å². The highest BCUT2D eigenvalue weighted by Crippen LogP contribution is 2.38. The second kappa shape index (κ2) is 4.92. The number of aliphatic hydroxyl groups is 1. The fraction of sp³-hybridized carbons (Fsp3) is 0.214. The van der Waals surface area contributed by atoms with Gasteiger partial charge in [-0.2, -0.15) is 0 Å². The van der Waals surface area contributed by atoms with Crippen LogP contribution in [0.25, 0.3) is 0 Å². The van der Waals surface area contributed by atoms with E-state index in [0.29, 0.717) is 10.4 Å². The lowest BCUT2D eigenvalue weighted by Crippen LogP contribution is -2.34. The third-order valence-corrected chi connectivity index (χ3v) is 4.06. The highest BCUT2D eigenvalue weighted by molar-refractivity contribution is 7.10. The van der Waals surface area contributed by atoms with Gasteiger partial charge in [0.25, 0.3) is 0 Å². The summed E-state index contributed by atoms with van der Waals surface area (Å²) >= 11 is 1.36. The Kier molecular flexibility index (Phi) is 3.50. The van der Waals surface area contributed by atoms with E-state index in [-0.39, 0.29) is 0 Å². The summed E-state index contributed by atoms with van der Waals surface area (Å²) in [6, 6.07) is 12.4. The molecule has 2 aromatic rings. The Morgan fingerprint density at radius 1 is 1.22 bits per heavy atom. The van der Waals surface area contributed by atoms with Gasteiger partial charge in [-0.15, -0.1) is 11.3 Å². The standard InChI is InChI=1S/C14H14O3S/c1-14(17,11-8-5-9-18-11)12(13(15)16)10-6-3-2-4-7-10/h2-9,12,17H,1H3,(H,15,16)/t12-,14-/m1/s1. The molecule has 2 rings (SSSR count). The van der Waals surface area contributed by atoms with Crippen molar-refractivity contribution >= 4 is 17.3 Å². The molecule has 0 aliphatic carbocycles. The highest BCUT2D eigenvalue weighted by atomic mass is 32.1. The van der Waals surface area contributed by atoms with Crippen molar-refractivity contribution in [1.82, 2.24) is 0 Å². The third-order valence-electron chi connectivity index (χ3n) is 2.96. The summed E-state index contributed by atoms with van der Waals surface area (Å²) in [5, 5.41) is 21.8. The summed E-state index contributed by atoms with van der Waals surface area (Å²) in [4.78, 5) is 12.1. The molecule has 4 heteroatoms. The molecule has 2 N–H and O–H groups in total. The van der Waals surface area contributed by atoms with Crippen LogP contribution in [0.1, 0.15) is 23.3 Å². The number of carbonyl (C=O) groups is 1. The number of hydrogen-bond acceptors (Lipinski definition) is 3. The zero-order valence-corrected chi connectivity index (χ0v) is 10.7. The molecule has 0 aliphatic rings. The molecule has 0 aliphatic heterocycles. The molecule has 18 heavy (non-hydrogen) atoms. The van der Waals surface area contributed by atoms with Crippen molar-refractivity contribution in [3.8, 4) is 0 Å². The Bertz CT molecular complexity index is 517. The molecule has 0 amide bonds. The topological polar surface area (TPSA) is 57.5 Å². The molecule has 2 atom stereocenters. The lowest BCUT2D eigenvalue weighted by molar-refractivity contribution is -0.145. The molecular formula is C14H14O3S. The van der Waals surface area contributed by atoms with Gasteiger partial charge in [-0.1, -0.05) is 36.4 Å². The fourth-order valence-electron chi connectivity index (χ4n) is 2.06. The second-order valence-electron chi connectivity index (χ2n) is 4.31. The van der Waals surface area contributed by atoms with Gasteiger partial charge in [-0.25, -0.2) is 0 Å². The number of benzene rings is 1. The number of carboxylic acids is 1. The van der Waals surface area contributed by atoms with E-state index >= 15 is 0 Å². The molecule has 1 aromatic carbocycles. The first kappa shape index (κ1) is 12.8. The van der Waals surface area contributed by atoms with Crippen LogP contribution in [0.2, 0.25) is 0 Å². The largest absolute Gasteiger partial charge is 0.481 e. The van der Waals surface area contributed by atoms with Gasteiger partial charge in [-0.05, 0) is 23.9 Å². The van der Waals surface area contributed by atoms with Gasteiger partial charge >= 0.3 is 5.97 Å². The van der Waals surface area contributed by atoms with Gasteiger partial charge in [-0.3, -0.25) is 4.79 Å². The lowest BCUT2D eigenvalue weighted by atomic mass is 9.82. The number of hydrogen-bond donors (Lipinski definition) is 2. The van der Waals surface area contributed by atoms with E-state index in [9.17, 15) is 15.0 Å². The van der Waals surface area contributed by atoms with Crippen LogP contribution in [0.4, 0.5) is 0 Å². The van der Waals surface area contributed by atoms with Crippen LogP contribution in [0.5, 0.6) is 0 Å². The van der Waals surface area contributed by atoms with Crippen molar-refractivity contribution in [2.45, 2.75) is 18.4 Å². The summed E-state index contributed by atoms with van der Waals surface area (Å²) in [6.45, 7) is 1.55. The third kappa shape index (κ3) is 2.30. The van der Waals surface area contributed by atoms with Crippen molar-refractivity contribution in [2.75, 3.05) is 0 Å². The SMILES string of the molecule is C[C@@](O)(c1cccs1)[C@@H](C(=O)O)c1ccccc1. The zero-order chi connectivity index (χ0) is 13.2. The molecule has 3 nitrogen and oxygen atoms in total. The Balaban J connectivity index is 2.46. The average molecular weight is 262 g/mol. The summed E-state index contributed by atoms with van der Waals surface area (Å²) in [5.74, 6) is -2.00. The Labute approximate surface area is 109 Å². The van der Waals surface area contributed by atoms with Crippen molar-refractivity contribution in [1.29, 1.82) is 0 Å².